The number of carbonyl (C=O) groups excluding carboxylic acids is 1. The number of nitrogens with one attached hydrogen (secondary N) is 1. The van der Waals surface area contributed by atoms with Gasteiger partial charge in [-0.25, -0.2) is 0 Å². The summed E-state index contributed by atoms with van der Waals surface area (Å²) in [6, 6.07) is 5.34. The third-order valence-corrected chi connectivity index (χ3v) is 4.49. The maximum Gasteiger partial charge on any atom is 0.157 e. The molecule has 18 heavy (non-hydrogen) atoms. The maximum absolute atomic E-state index is 12.5. The summed E-state index contributed by atoms with van der Waals surface area (Å²) in [6.45, 7) is 2.96. The Morgan fingerprint density at radius 3 is 2.56 bits per heavy atom. The van der Waals surface area contributed by atoms with Gasteiger partial charge in [0.2, 0.25) is 0 Å². The van der Waals surface area contributed by atoms with Gasteiger partial charge in [0.25, 0.3) is 0 Å². The molecule has 4 heteroatoms. The third kappa shape index (κ3) is 2.56. The van der Waals surface area contributed by atoms with Crippen LogP contribution in [0.15, 0.2) is 18.2 Å². The molecule has 0 spiro atoms. The number of halogens is 2. The molecule has 0 radical (unpaired) electrons. The second-order valence-corrected chi connectivity index (χ2v) is 5.58. The zero-order valence-corrected chi connectivity index (χ0v) is 11.9. The van der Waals surface area contributed by atoms with Crippen LogP contribution in [-0.2, 0) is 11.2 Å². The first-order chi connectivity index (χ1) is 8.59. The second-order valence-electron chi connectivity index (χ2n) is 4.77. The van der Waals surface area contributed by atoms with Gasteiger partial charge in [-0.05, 0) is 43.5 Å². The number of ketones is 1. The molecule has 1 aliphatic rings. The minimum absolute atomic E-state index is 0.192. The zero-order valence-electron chi connectivity index (χ0n) is 10.4. The molecule has 0 aliphatic carbocycles. The molecule has 1 N–H and O–H groups in total. The summed E-state index contributed by atoms with van der Waals surface area (Å²) < 4.78 is 0. The first-order valence-corrected chi connectivity index (χ1v) is 7.06. The fraction of sp³-hybridized carbons (Fsp3) is 0.500. The van der Waals surface area contributed by atoms with Crippen LogP contribution in [0.25, 0.3) is 0 Å². The molecule has 1 atom stereocenters. The average molecular weight is 286 g/mol. The molecular formula is C14H17Cl2NO. The van der Waals surface area contributed by atoms with Gasteiger partial charge in [-0.1, -0.05) is 36.2 Å². The van der Waals surface area contributed by atoms with Crippen LogP contribution < -0.4 is 5.32 Å². The molecular weight excluding hydrogens is 269 g/mol. The molecule has 0 aromatic heterocycles. The van der Waals surface area contributed by atoms with E-state index < -0.39 is 0 Å². The van der Waals surface area contributed by atoms with E-state index in [1.54, 1.807) is 18.2 Å². The smallest absolute Gasteiger partial charge is 0.157 e. The molecule has 2 rings (SSSR count). The summed E-state index contributed by atoms with van der Waals surface area (Å²) in [5, 5.41) is 4.48. The van der Waals surface area contributed by atoms with Gasteiger partial charge in [-0.3, -0.25) is 4.79 Å². The highest BCUT2D eigenvalue weighted by Crippen LogP contribution is 2.30. The van der Waals surface area contributed by atoms with Crippen LogP contribution in [-0.4, -0.2) is 17.9 Å². The number of hydrogen-bond acceptors (Lipinski definition) is 2. The van der Waals surface area contributed by atoms with Gasteiger partial charge in [-0.2, -0.15) is 0 Å². The van der Waals surface area contributed by atoms with Gasteiger partial charge in [0, 0.05) is 16.5 Å². The van der Waals surface area contributed by atoms with Crippen molar-refractivity contribution in [3.05, 3.63) is 33.8 Å². The van der Waals surface area contributed by atoms with Crippen LogP contribution in [0.1, 0.15) is 31.7 Å². The van der Waals surface area contributed by atoms with E-state index in [0.717, 1.165) is 31.4 Å². The van der Waals surface area contributed by atoms with Gasteiger partial charge in [-0.15, -0.1) is 0 Å². The largest absolute Gasteiger partial charge is 0.305 e. The predicted molar refractivity (Wildman–Crippen MR) is 75.4 cm³/mol. The van der Waals surface area contributed by atoms with Crippen molar-refractivity contribution in [2.75, 3.05) is 6.54 Å². The lowest BCUT2D eigenvalue weighted by atomic mass is 9.86. The number of Topliss-reactive ketones (excluding diaryl/α,β-unsaturated/α-hetero) is 1. The van der Waals surface area contributed by atoms with Crippen LogP contribution in [0, 0.1) is 0 Å². The Labute approximate surface area is 118 Å². The fourth-order valence-corrected chi connectivity index (χ4v) is 3.11. The lowest BCUT2D eigenvalue weighted by Gasteiger charge is -2.26. The quantitative estimate of drug-likeness (QED) is 0.915. The van der Waals surface area contributed by atoms with Gasteiger partial charge >= 0.3 is 0 Å². The van der Waals surface area contributed by atoms with E-state index >= 15 is 0 Å². The number of benzene rings is 1. The van der Waals surface area contributed by atoms with Crippen molar-refractivity contribution in [1.29, 1.82) is 0 Å². The summed E-state index contributed by atoms with van der Waals surface area (Å²) >= 11 is 12.2. The van der Waals surface area contributed by atoms with Crippen molar-refractivity contribution < 1.29 is 4.79 Å². The SMILES string of the molecule is CCC1(C(=O)Cc2c(Cl)cccc2Cl)CCCN1. The summed E-state index contributed by atoms with van der Waals surface area (Å²) in [7, 11) is 0. The lowest BCUT2D eigenvalue weighted by molar-refractivity contribution is -0.124. The molecule has 1 heterocycles. The van der Waals surface area contributed by atoms with E-state index in [-0.39, 0.29) is 11.3 Å². The fourth-order valence-electron chi connectivity index (χ4n) is 2.57. The summed E-state index contributed by atoms with van der Waals surface area (Å²) in [5.41, 5.74) is 0.370. The molecule has 1 saturated heterocycles. The molecule has 1 aromatic carbocycles. The van der Waals surface area contributed by atoms with Crippen LogP contribution in [0.2, 0.25) is 10.0 Å². The van der Waals surface area contributed by atoms with Crippen LogP contribution in [0.4, 0.5) is 0 Å². The first kappa shape index (κ1) is 13.9. The number of rotatable bonds is 4. The van der Waals surface area contributed by atoms with Crippen LogP contribution in [0.3, 0.4) is 0 Å². The highest BCUT2D eigenvalue weighted by molar-refractivity contribution is 6.36. The molecule has 0 saturated carbocycles. The van der Waals surface area contributed by atoms with Crippen molar-refractivity contribution >= 4 is 29.0 Å². The highest BCUT2D eigenvalue weighted by Gasteiger charge is 2.38. The summed E-state index contributed by atoms with van der Waals surface area (Å²) in [5.74, 6) is 0.192. The lowest BCUT2D eigenvalue weighted by Crippen LogP contribution is -2.47. The van der Waals surface area contributed by atoms with Crippen molar-refractivity contribution in [3.8, 4) is 0 Å². The van der Waals surface area contributed by atoms with Crippen LogP contribution >= 0.6 is 23.2 Å². The van der Waals surface area contributed by atoms with E-state index in [9.17, 15) is 4.79 Å². The van der Waals surface area contributed by atoms with Crippen molar-refractivity contribution in [3.63, 3.8) is 0 Å². The average Bonchev–Trinajstić information content (AvgIpc) is 2.84. The Balaban J connectivity index is 2.21. The number of carbonyl (C=O) groups is 1. The molecule has 0 bridgehead atoms. The molecule has 1 fully saturated rings. The Bertz CT molecular complexity index is 433. The maximum atomic E-state index is 12.5. The minimum Gasteiger partial charge on any atom is -0.305 e. The zero-order chi connectivity index (χ0) is 13.2. The Kier molecular flexibility index (Phi) is 4.31. The van der Waals surface area contributed by atoms with Crippen molar-refractivity contribution in [1.82, 2.24) is 5.32 Å². The number of hydrogen-bond donors (Lipinski definition) is 1. The monoisotopic (exact) mass is 285 g/mol. The molecule has 1 unspecified atom stereocenters. The molecule has 1 aromatic rings. The topological polar surface area (TPSA) is 29.1 Å². The Morgan fingerprint density at radius 1 is 1.39 bits per heavy atom. The third-order valence-electron chi connectivity index (χ3n) is 3.78. The van der Waals surface area contributed by atoms with E-state index in [2.05, 4.69) is 5.32 Å². The first-order valence-electron chi connectivity index (χ1n) is 6.30. The molecule has 1 aliphatic heterocycles. The van der Waals surface area contributed by atoms with E-state index in [0.29, 0.717) is 16.5 Å². The second kappa shape index (κ2) is 5.60. The van der Waals surface area contributed by atoms with Crippen LogP contribution in [0.5, 0.6) is 0 Å². The van der Waals surface area contributed by atoms with Gasteiger partial charge in [0.1, 0.15) is 0 Å². The predicted octanol–water partition coefficient (Wildman–Crippen LogP) is 3.64. The summed E-state index contributed by atoms with van der Waals surface area (Å²) in [6.07, 6.45) is 3.08. The molecule has 98 valence electrons. The Morgan fingerprint density at radius 2 is 2.06 bits per heavy atom. The molecule has 0 amide bonds. The summed E-state index contributed by atoms with van der Waals surface area (Å²) in [4.78, 5) is 12.5. The van der Waals surface area contributed by atoms with E-state index in [4.69, 9.17) is 23.2 Å². The van der Waals surface area contributed by atoms with Crippen molar-refractivity contribution in [2.45, 2.75) is 38.1 Å². The van der Waals surface area contributed by atoms with Gasteiger partial charge in [0.05, 0.1) is 5.54 Å². The van der Waals surface area contributed by atoms with Crippen molar-refractivity contribution in [2.24, 2.45) is 0 Å². The standard InChI is InChI=1S/C14H17Cl2NO/c1-2-14(7-4-8-17-14)13(18)9-10-11(15)5-3-6-12(10)16/h3,5-6,17H,2,4,7-9H2,1H3. The van der Waals surface area contributed by atoms with E-state index in [1.165, 1.54) is 0 Å². The van der Waals surface area contributed by atoms with Gasteiger partial charge in [0.15, 0.2) is 5.78 Å². The Hall–Kier alpha value is -0.570. The highest BCUT2D eigenvalue weighted by atomic mass is 35.5. The van der Waals surface area contributed by atoms with E-state index in [1.807, 2.05) is 6.92 Å². The minimum atomic E-state index is -0.373. The van der Waals surface area contributed by atoms with Gasteiger partial charge < -0.3 is 5.32 Å². The normalized spacial score (nSPS) is 23.3. The molecule has 2 nitrogen and oxygen atoms in total.